The minimum absolute atomic E-state index is 0. The second-order valence-corrected chi connectivity index (χ2v) is 0. The zero-order valence-corrected chi connectivity index (χ0v) is 15.0. The molecule has 18 valence electrons. The van der Waals surface area contributed by atoms with Gasteiger partial charge < -0.3 is 0 Å². The van der Waals surface area contributed by atoms with Crippen molar-refractivity contribution >= 4 is 88.2 Å². The molecule has 0 heterocycles. The Balaban J connectivity index is 0. The van der Waals surface area contributed by atoms with Crippen molar-refractivity contribution in [3.05, 3.63) is 0 Å². The van der Waals surface area contributed by atoms with Crippen molar-refractivity contribution in [1.29, 1.82) is 0 Å². The van der Waals surface area contributed by atoms with Crippen LogP contribution in [0.25, 0.3) is 0 Å². The molecule has 0 bridgehead atoms. The van der Waals surface area contributed by atoms with E-state index >= 15 is 0 Å². The first-order valence-corrected chi connectivity index (χ1v) is 0. The summed E-state index contributed by atoms with van der Waals surface area (Å²) in [6, 6.07) is 0. The third kappa shape index (κ3) is 18.5. The molecule has 0 spiro atoms. The third-order valence-electron chi connectivity index (χ3n) is 0. The molecule has 0 aliphatic carbocycles. The van der Waals surface area contributed by atoms with Gasteiger partial charge in [-0.05, 0) is 0 Å². The predicted octanol–water partition coefficient (Wildman–Crippen LogP) is -1.03. The molecular weight excluding hydrogens is 351 g/mol. The first kappa shape index (κ1) is 39.2. The van der Waals surface area contributed by atoms with Crippen LogP contribution in [0.15, 0.2) is 0 Å². The normalized spacial score (nSPS) is 0. The van der Waals surface area contributed by atoms with Crippen molar-refractivity contribution in [3.8, 4) is 0 Å². The van der Waals surface area contributed by atoms with Crippen molar-refractivity contribution < 1.29 is 19.5 Å². The van der Waals surface area contributed by atoms with Gasteiger partial charge in [0.05, 0.1) is 0 Å². The van der Waals surface area contributed by atoms with Gasteiger partial charge >= 0.3 is 0 Å². The fourth-order valence-electron chi connectivity index (χ4n) is 0. The van der Waals surface area contributed by atoms with Gasteiger partial charge in [-0.2, -0.15) is 13.5 Å². The van der Waals surface area contributed by atoms with Gasteiger partial charge in [-0.25, -0.2) is 0 Å². The summed E-state index contributed by atoms with van der Waals surface area (Å²) in [6.07, 6.45) is 0. The minimum atomic E-state index is 0. The molecule has 0 unspecified atom stereocenters. The maximum Gasteiger partial charge on any atom is 0 e. The van der Waals surface area contributed by atoms with E-state index in [1.807, 2.05) is 0 Å². The summed E-state index contributed by atoms with van der Waals surface area (Å²) >= 11 is 0. The molecular formula is H2In2MgSZn. The molecule has 0 atom stereocenters. The van der Waals surface area contributed by atoms with Crippen molar-refractivity contribution in [1.82, 2.24) is 0 Å². The summed E-state index contributed by atoms with van der Waals surface area (Å²) < 4.78 is 0. The van der Waals surface area contributed by atoms with Crippen molar-refractivity contribution in [2.45, 2.75) is 0 Å². The van der Waals surface area contributed by atoms with Crippen molar-refractivity contribution in [2.75, 3.05) is 0 Å². The largest absolute Gasteiger partial charge is 0.197 e. The average Bonchev–Trinajstić information content (AvgIpc) is 0. The van der Waals surface area contributed by atoms with Crippen LogP contribution in [-0.2, 0) is 19.5 Å². The second-order valence-electron chi connectivity index (χ2n) is 0. The summed E-state index contributed by atoms with van der Waals surface area (Å²) in [6.45, 7) is 0. The van der Waals surface area contributed by atoms with Crippen molar-refractivity contribution in [2.24, 2.45) is 0 Å². The van der Waals surface area contributed by atoms with Gasteiger partial charge in [0, 0.05) is 94.2 Å². The van der Waals surface area contributed by atoms with Crippen LogP contribution < -0.4 is 0 Å². The van der Waals surface area contributed by atoms with Crippen LogP contribution in [0, 0.1) is 0 Å². The average molecular weight is 353 g/mol. The Labute approximate surface area is 106 Å². The fraction of sp³-hybridized carbons (Fsp3) is 0. The van der Waals surface area contributed by atoms with Crippen LogP contribution in [0.1, 0.15) is 0 Å². The van der Waals surface area contributed by atoms with Crippen LogP contribution in [0.5, 0.6) is 0 Å². The SMILES string of the molecule is S.[In].[In].[Mg].[Zn]. The Hall–Kier alpha value is 3.48. The fourth-order valence-corrected chi connectivity index (χ4v) is 0. The van der Waals surface area contributed by atoms with E-state index in [1.54, 1.807) is 0 Å². The maximum absolute atomic E-state index is 0. The quantitative estimate of drug-likeness (QED) is 0.489. The Morgan fingerprint density at radius 2 is 0.800 bits per heavy atom. The van der Waals surface area contributed by atoms with Crippen LogP contribution >= 0.6 is 13.5 Å². The van der Waals surface area contributed by atoms with Crippen LogP contribution in [0.4, 0.5) is 0 Å². The van der Waals surface area contributed by atoms with Gasteiger partial charge in [0.25, 0.3) is 0 Å². The molecule has 0 aromatic carbocycles. The van der Waals surface area contributed by atoms with Crippen molar-refractivity contribution in [3.63, 3.8) is 0 Å². The first-order valence-electron chi connectivity index (χ1n) is 0. The molecule has 0 aromatic heterocycles. The Morgan fingerprint density at radius 1 is 0.800 bits per heavy atom. The molecule has 0 nitrogen and oxygen atoms in total. The van der Waals surface area contributed by atoms with E-state index in [0.717, 1.165) is 0 Å². The van der Waals surface area contributed by atoms with Crippen LogP contribution in [0.3, 0.4) is 0 Å². The van der Waals surface area contributed by atoms with Gasteiger partial charge in [0.2, 0.25) is 0 Å². The Kier molecular flexibility index (Phi) is 203. The summed E-state index contributed by atoms with van der Waals surface area (Å²) in [4.78, 5) is 0. The Morgan fingerprint density at radius 3 is 0.800 bits per heavy atom. The first-order chi connectivity index (χ1) is 0. The molecule has 0 aliphatic heterocycles. The van der Waals surface area contributed by atoms with E-state index < -0.39 is 0 Å². The molecule has 0 aliphatic rings. The monoisotopic (exact) mass is 352 g/mol. The van der Waals surface area contributed by atoms with Gasteiger partial charge in [0.15, 0.2) is 0 Å². The second kappa shape index (κ2) is 25.9. The van der Waals surface area contributed by atoms with E-state index in [2.05, 4.69) is 0 Å². The summed E-state index contributed by atoms with van der Waals surface area (Å²) in [5.41, 5.74) is 0. The van der Waals surface area contributed by atoms with E-state index in [-0.39, 0.29) is 108 Å². The number of rotatable bonds is 0. The van der Waals surface area contributed by atoms with Crippen LogP contribution in [-0.4, -0.2) is 74.7 Å². The number of hydrogen-bond donors (Lipinski definition) is 0. The summed E-state index contributed by atoms with van der Waals surface area (Å²) in [5, 5.41) is 0. The molecule has 0 amide bonds. The van der Waals surface area contributed by atoms with E-state index in [4.69, 9.17) is 0 Å². The molecule has 0 rings (SSSR count). The molecule has 0 aromatic rings. The summed E-state index contributed by atoms with van der Waals surface area (Å²) in [5.74, 6) is 0. The number of hydrogen-bond acceptors (Lipinski definition) is 0. The molecule has 5 heteroatoms. The van der Waals surface area contributed by atoms with E-state index in [9.17, 15) is 0 Å². The van der Waals surface area contributed by atoms with E-state index in [1.165, 1.54) is 0 Å². The standard InChI is InChI=1S/2In.Mg.H2S.Zn/h;;;1H2;. The smallest absolute Gasteiger partial charge is 0 e. The molecule has 0 saturated carbocycles. The zero-order chi connectivity index (χ0) is 0. The molecule has 0 saturated heterocycles. The van der Waals surface area contributed by atoms with Gasteiger partial charge in [0.1, 0.15) is 0 Å². The molecule has 8 radical (unpaired) electrons. The molecule has 5 heavy (non-hydrogen) atoms. The van der Waals surface area contributed by atoms with Gasteiger partial charge in [-0.15, -0.1) is 0 Å². The topological polar surface area (TPSA) is 0 Å². The third-order valence-corrected chi connectivity index (χ3v) is 0. The van der Waals surface area contributed by atoms with Gasteiger partial charge in [-0.1, -0.05) is 0 Å². The maximum atomic E-state index is 0. The van der Waals surface area contributed by atoms with Crippen LogP contribution in [0.2, 0.25) is 0 Å². The minimum Gasteiger partial charge on any atom is -0.197 e. The zero-order valence-electron chi connectivity index (χ0n) is 3.07. The summed E-state index contributed by atoms with van der Waals surface area (Å²) in [7, 11) is 0. The molecule has 0 fully saturated rings. The molecule has 0 N–H and O–H groups in total. The van der Waals surface area contributed by atoms with Gasteiger partial charge in [-0.3, -0.25) is 0 Å². The predicted molar refractivity (Wildman–Crippen MR) is 27.6 cm³/mol. The Bertz CT molecular complexity index is 9.61. The van der Waals surface area contributed by atoms with E-state index in [0.29, 0.717) is 0 Å².